The molecule has 2 fully saturated rings. The van der Waals surface area contributed by atoms with E-state index in [2.05, 4.69) is 0 Å². The average Bonchev–Trinajstić information content (AvgIpc) is 3.05. The van der Waals surface area contributed by atoms with E-state index in [0.29, 0.717) is 11.3 Å². The van der Waals surface area contributed by atoms with E-state index >= 15 is 0 Å². The predicted octanol–water partition coefficient (Wildman–Crippen LogP) is -0.216. The summed E-state index contributed by atoms with van der Waals surface area (Å²) in [5.74, 6) is -1.11. The molecule has 0 radical (unpaired) electrons. The molecule has 5 rings (SSSR count). The summed E-state index contributed by atoms with van der Waals surface area (Å²) in [5, 5.41) is 63.7. The fourth-order valence-corrected chi connectivity index (χ4v) is 5.38. The third-order valence-corrected chi connectivity index (χ3v) is 7.91. The van der Waals surface area contributed by atoms with Gasteiger partial charge in [0.25, 0.3) is 0 Å². The molecule has 10 unspecified atom stereocenters. The molecule has 0 saturated carbocycles. The first-order chi connectivity index (χ1) is 22.3. The van der Waals surface area contributed by atoms with Crippen LogP contribution in [0.4, 0.5) is 0 Å². The first kappa shape index (κ1) is 34.3. The van der Waals surface area contributed by atoms with Crippen molar-refractivity contribution in [3.05, 3.63) is 46.6 Å². The largest absolute Gasteiger partial charge is 0.502 e. The summed E-state index contributed by atoms with van der Waals surface area (Å²) in [4.78, 5) is 24.5. The average molecular weight is 665 g/mol. The summed E-state index contributed by atoms with van der Waals surface area (Å²) in [5.41, 5.74) is -0.231. The first-order valence-corrected chi connectivity index (χ1v) is 14.5. The van der Waals surface area contributed by atoms with E-state index in [0.717, 1.165) is 6.92 Å². The van der Waals surface area contributed by atoms with Gasteiger partial charge in [-0.1, -0.05) is 0 Å². The zero-order valence-electron chi connectivity index (χ0n) is 25.7. The summed E-state index contributed by atoms with van der Waals surface area (Å²) >= 11 is 0. The molecule has 10 atom stereocenters. The summed E-state index contributed by atoms with van der Waals surface area (Å²) in [6, 6.07) is 9.09. The van der Waals surface area contributed by atoms with Crippen LogP contribution in [0.5, 0.6) is 23.0 Å². The van der Waals surface area contributed by atoms with Gasteiger partial charge in [0.15, 0.2) is 29.2 Å². The summed E-state index contributed by atoms with van der Waals surface area (Å²) in [6.07, 6.45) is -15.2. The monoisotopic (exact) mass is 664 g/mol. The van der Waals surface area contributed by atoms with Crippen LogP contribution in [0.3, 0.4) is 0 Å². The van der Waals surface area contributed by atoms with Crippen molar-refractivity contribution >= 4 is 16.9 Å². The highest BCUT2D eigenvalue weighted by molar-refractivity contribution is 5.89. The number of fused-ring (bicyclic) bond motifs is 1. The minimum Gasteiger partial charge on any atom is -0.502 e. The van der Waals surface area contributed by atoms with Gasteiger partial charge in [-0.15, -0.1) is 0 Å². The van der Waals surface area contributed by atoms with Crippen LogP contribution in [0.15, 0.2) is 45.6 Å². The Bertz CT molecular complexity index is 1620. The van der Waals surface area contributed by atoms with E-state index in [9.17, 15) is 40.2 Å². The number of hydrogen-bond acceptors (Lipinski definition) is 16. The molecule has 256 valence electrons. The summed E-state index contributed by atoms with van der Waals surface area (Å²) in [7, 11) is 2.72. The molecule has 2 saturated heterocycles. The van der Waals surface area contributed by atoms with Crippen LogP contribution >= 0.6 is 0 Å². The Morgan fingerprint density at radius 3 is 2.19 bits per heavy atom. The lowest BCUT2D eigenvalue weighted by atomic mass is 9.98. The van der Waals surface area contributed by atoms with Gasteiger partial charge in [0.05, 0.1) is 32.3 Å². The second-order valence-electron chi connectivity index (χ2n) is 11.1. The zero-order chi connectivity index (χ0) is 34.2. The quantitative estimate of drug-likeness (QED) is 0.162. The van der Waals surface area contributed by atoms with Gasteiger partial charge in [-0.05, 0) is 37.3 Å². The molecule has 16 heteroatoms. The number of benzene rings is 2. The van der Waals surface area contributed by atoms with E-state index in [1.165, 1.54) is 33.3 Å². The topological polar surface area (TPSA) is 233 Å². The number of carbonyl (C=O) groups excluding carboxylic acids is 1. The van der Waals surface area contributed by atoms with Gasteiger partial charge in [-0.3, -0.25) is 9.59 Å². The molecule has 16 nitrogen and oxygen atoms in total. The van der Waals surface area contributed by atoms with E-state index in [1.807, 2.05) is 0 Å². The van der Waals surface area contributed by atoms with Gasteiger partial charge in [0.2, 0.25) is 17.8 Å². The highest BCUT2D eigenvalue weighted by Gasteiger charge is 2.48. The molecule has 0 aliphatic carbocycles. The molecule has 2 aromatic carbocycles. The van der Waals surface area contributed by atoms with Gasteiger partial charge in [0, 0.05) is 18.6 Å². The van der Waals surface area contributed by atoms with Crippen molar-refractivity contribution in [1.82, 2.24) is 0 Å². The molecule has 2 aliphatic heterocycles. The van der Waals surface area contributed by atoms with Crippen molar-refractivity contribution in [3.63, 3.8) is 0 Å². The highest BCUT2D eigenvalue weighted by Crippen LogP contribution is 2.44. The van der Waals surface area contributed by atoms with Gasteiger partial charge in [-0.2, -0.15) is 0 Å². The maximum Gasteiger partial charge on any atom is 0.303 e. The number of carbonyl (C=O) groups is 1. The number of methoxy groups -OCH3 is 2. The number of aliphatic hydroxyl groups is 5. The molecule has 1 aromatic heterocycles. The van der Waals surface area contributed by atoms with E-state index < -0.39 is 85.2 Å². The zero-order valence-corrected chi connectivity index (χ0v) is 25.7. The molecule has 47 heavy (non-hydrogen) atoms. The van der Waals surface area contributed by atoms with E-state index in [-0.39, 0.29) is 28.2 Å². The van der Waals surface area contributed by atoms with Crippen molar-refractivity contribution in [2.75, 3.05) is 20.8 Å². The molecule has 3 heterocycles. The molecule has 3 aromatic rings. The van der Waals surface area contributed by atoms with Crippen molar-refractivity contribution in [3.8, 4) is 34.3 Å². The summed E-state index contributed by atoms with van der Waals surface area (Å²) in [6.45, 7) is 2.09. The number of aliphatic hydroxyl groups excluding tert-OH is 5. The molecule has 2 aliphatic rings. The minimum absolute atomic E-state index is 0.107. The second-order valence-corrected chi connectivity index (χ2v) is 11.1. The van der Waals surface area contributed by atoms with Crippen molar-refractivity contribution in [1.29, 1.82) is 0 Å². The van der Waals surface area contributed by atoms with Crippen LogP contribution in [0.25, 0.3) is 22.3 Å². The maximum absolute atomic E-state index is 13.1. The number of aromatic hydroxyl groups is 1. The highest BCUT2D eigenvalue weighted by atomic mass is 16.7. The predicted molar refractivity (Wildman–Crippen MR) is 158 cm³/mol. The Kier molecular flexibility index (Phi) is 10.2. The standard InChI is InChI=1S/C31H36O16/c1-12-27(44-13(2)32)23(36)25(38)30(43-12)42-11-20-21(34)22(35)24(37)31(47-20)46-19-9-16-17(33)10-18(14-5-7-15(40-3)8-6-14)45-28(16)26(39)29(19)41-4/h5-10,12,20-25,27,30-31,34-39H,11H2,1-4H3. The van der Waals surface area contributed by atoms with Gasteiger partial charge in [-0.25, -0.2) is 0 Å². The Morgan fingerprint density at radius 1 is 0.872 bits per heavy atom. The number of hydrogen-bond donors (Lipinski definition) is 6. The lowest BCUT2D eigenvalue weighted by Gasteiger charge is -2.43. The second kappa shape index (κ2) is 14.0. The molecule has 0 bridgehead atoms. The molecule has 0 amide bonds. The Morgan fingerprint density at radius 2 is 1.55 bits per heavy atom. The lowest BCUT2D eigenvalue weighted by molar-refractivity contribution is -0.319. The smallest absolute Gasteiger partial charge is 0.303 e. The van der Waals surface area contributed by atoms with Gasteiger partial charge < -0.3 is 68.2 Å². The lowest BCUT2D eigenvalue weighted by Crippen LogP contribution is -2.62. The summed E-state index contributed by atoms with van der Waals surface area (Å²) < 4.78 is 43.9. The number of phenolic OH excluding ortho intramolecular Hbond substituents is 1. The van der Waals surface area contributed by atoms with Crippen LogP contribution in [-0.4, -0.2) is 119 Å². The fraction of sp³-hybridized carbons (Fsp3) is 0.484. The Hall–Kier alpha value is -4.00. The van der Waals surface area contributed by atoms with Crippen LogP contribution in [-0.2, 0) is 23.7 Å². The molecular weight excluding hydrogens is 628 g/mol. The van der Waals surface area contributed by atoms with Crippen LogP contribution in [0, 0.1) is 0 Å². The number of esters is 1. The molecular formula is C31H36O16. The van der Waals surface area contributed by atoms with Crippen molar-refractivity contribution in [2.24, 2.45) is 0 Å². The van der Waals surface area contributed by atoms with Crippen molar-refractivity contribution in [2.45, 2.75) is 75.3 Å². The third kappa shape index (κ3) is 6.86. The Labute approximate surface area is 267 Å². The normalized spacial score (nSPS) is 30.9. The molecule has 0 spiro atoms. The van der Waals surface area contributed by atoms with Crippen LogP contribution in [0.1, 0.15) is 13.8 Å². The van der Waals surface area contributed by atoms with Crippen LogP contribution < -0.4 is 19.6 Å². The van der Waals surface area contributed by atoms with Crippen LogP contribution in [0.2, 0.25) is 0 Å². The first-order valence-electron chi connectivity index (χ1n) is 14.5. The Balaban J connectivity index is 1.36. The molecule has 6 N–H and O–H groups in total. The number of phenols is 1. The maximum atomic E-state index is 13.1. The number of ether oxygens (including phenoxy) is 7. The fourth-order valence-electron chi connectivity index (χ4n) is 5.38. The van der Waals surface area contributed by atoms with Gasteiger partial charge >= 0.3 is 5.97 Å². The van der Waals surface area contributed by atoms with Crippen molar-refractivity contribution < 1.29 is 73.0 Å². The third-order valence-electron chi connectivity index (χ3n) is 7.91. The minimum atomic E-state index is -1.83. The SMILES string of the molecule is COc1ccc(-c2cc(=O)c3cc(OC4OC(COC5OC(C)C(OC(C)=O)C(O)C5O)C(O)C(O)C4O)c(OC)c(O)c3o2)cc1. The number of rotatable bonds is 9. The van der Waals surface area contributed by atoms with E-state index in [4.69, 9.17) is 37.6 Å². The van der Waals surface area contributed by atoms with E-state index in [1.54, 1.807) is 24.3 Å². The van der Waals surface area contributed by atoms with Gasteiger partial charge in [0.1, 0.15) is 48.1 Å².